The molecule has 0 aromatic heterocycles. The predicted octanol–water partition coefficient (Wildman–Crippen LogP) is 1.76. The summed E-state index contributed by atoms with van der Waals surface area (Å²) in [6.07, 6.45) is 10.7. The highest BCUT2D eigenvalue weighted by atomic mass is 16.3. The van der Waals surface area contributed by atoms with E-state index in [0.717, 1.165) is 13.0 Å². The number of hydrogen-bond donors (Lipinski definition) is 2. The van der Waals surface area contributed by atoms with Gasteiger partial charge < -0.3 is 15.3 Å². The van der Waals surface area contributed by atoms with Crippen LogP contribution in [0.25, 0.3) is 0 Å². The van der Waals surface area contributed by atoms with Gasteiger partial charge in [0.25, 0.3) is 0 Å². The topological polar surface area (TPSA) is 35.5 Å². The average molecular weight is 240 g/mol. The van der Waals surface area contributed by atoms with Crippen molar-refractivity contribution >= 4 is 0 Å². The molecule has 2 rings (SSSR count). The Labute approximate surface area is 106 Å². The SMILES string of the molecule is OCC(CCN1CCCCCCC1)NC1CC1. The fraction of sp³-hybridized carbons (Fsp3) is 1.00. The number of aliphatic hydroxyl groups excluding tert-OH is 1. The first kappa shape index (κ1) is 13.3. The van der Waals surface area contributed by atoms with E-state index in [1.165, 1.54) is 58.0 Å². The summed E-state index contributed by atoms with van der Waals surface area (Å²) in [6.45, 7) is 3.98. The number of likely N-dealkylation sites (tertiary alicyclic amines) is 1. The molecule has 1 atom stereocenters. The van der Waals surface area contributed by atoms with Gasteiger partial charge in [-0.2, -0.15) is 0 Å². The van der Waals surface area contributed by atoms with Crippen molar-refractivity contribution in [2.24, 2.45) is 0 Å². The minimum Gasteiger partial charge on any atom is -0.395 e. The van der Waals surface area contributed by atoms with Crippen molar-refractivity contribution in [3.05, 3.63) is 0 Å². The van der Waals surface area contributed by atoms with E-state index in [4.69, 9.17) is 0 Å². The Balaban J connectivity index is 1.63. The molecule has 0 bridgehead atoms. The third-order valence-corrected chi connectivity index (χ3v) is 4.01. The van der Waals surface area contributed by atoms with Crippen molar-refractivity contribution in [1.29, 1.82) is 0 Å². The normalized spacial score (nSPS) is 25.2. The van der Waals surface area contributed by atoms with Gasteiger partial charge in [0.15, 0.2) is 0 Å². The largest absolute Gasteiger partial charge is 0.395 e. The Hall–Kier alpha value is -0.120. The van der Waals surface area contributed by atoms with Crippen LogP contribution in [0.2, 0.25) is 0 Å². The van der Waals surface area contributed by atoms with Gasteiger partial charge in [0, 0.05) is 12.1 Å². The lowest BCUT2D eigenvalue weighted by Gasteiger charge is -2.26. The fourth-order valence-electron chi connectivity index (χ4n) is 2.69. The van der Waals surface area contributed by atoms with Crippen LogP contribution in [0, 0.1) is 0 Å². The molecule has 1 aliphatic carbocycles. The zero-order valence-corrected chi connectivity index (χ0v) is 11.0. The summed E-state index contributed by atoms with van der Waals surface area (Å²) in [5, 5.41) is 12.9. The molecule has 3 nitrogen and oxygen atoms in total. The van der Waals surface area contributed by atoms with E-state index >= 15 is 0 Å². The highest BCUT2D eigenvalue weighted by Gasteiger charge is 2.24. The molecule has 2 aliphatic rings. The number of rotatable bonds is 6. The molecule has 1 heterocycles. The molecule has 1 unspecified atom stereocenters. The first-order chi connectivity index (χ1) is 8.38. The van der Waals surface area contributed by atoms with Gasteiger partial charge in [0.05, 0.1) is 6.61 Å². The quantitative estimate of drug-likeness (QED) is 0.742. The Bertz CT molecular complexity index is 198. The van der Waals surface area contributed by atoms with Crippen molar-refractivity contribution in [2.45, 2.75) is 63.5 Å². The number of nitrogens with one attached hydrogen (secondary N) is 1. The van der Waals surface area contributed by atoms with E-state index in [1.807, 2.05) is 0 Å². The number of hydrogen-bond acceptors (Lipinski definition) is 3. The van der Waals surface area contributed by atoms with Crippen LogP contribution in [-0.2, 0) is 0 Å². The fourth-order valence-corrected chi connectivity index (χ4v) is 2.69. The molecule has 1 saturated heterocycles. The van der Waals surface area contributed by atoms with Crippen LogP contribution in [0.1, 0.15) is 51.4 Å². The van der Waals surface area contributed by atoms with Crippen LogP contribution in [0.4, 0.5) is 0 Å². The van der Waals surface area contributed by atoms with E-state index in [9.17, 15) is 5.11 Å². The van der Waals surface area contributed by atoms with Crippen LogP contribution in [0.5, 0.6) is 0 Å². The lowest BCUT2D eigenvalue weighted by atomic mass is 10.1. The van der Waals surface area contributed by atoms with Gasteiger partial charge >= 0.3 is 0 Å². The summed E-state index contributed by atoms with van der Waals surface area (Å²) in [5.41, 5.74) is 0. The van der Waals surface area contributed by atoms with Crippen LogP contribution in [0.3, 0.4) is 0 Å². The minimum absolute atomic E-state index is 0.296. The van der Waals surface area contributed by atoms with Crippen LogP contribution >= 0.6 is 0 Å². The molecule has 1 saturated carbocycles. The summed E-state index contributed by atoms with van der Waals surface area (Å²) >= 11 is 0. The Morgan fingerprint density at radius 2 is 1.71 bits per heavy atom. The zero-order chi connectivity index (χ0) is 11.9. The van der Waals surface area contributed by atoms with Gasteiger partial charge in [-0.05, 0) is 51.7 Å². The van der Waals surface area contributed by atoms with E-state index in [2.05, 4.69) is 10.2 Å². The van der Waals surface area contributed by atoms with E-state index in [-0.39, 0.29) is 0 Å². The number of aliphatic hydroxyl groups is 1. The summed E-state index contributed by atoms with van der Waals surface area (Å²) in [4.78, 5) is 2.59. The molecule has 0 amide bonds. The van der Waals surface area contributed by atoms with Gasteiger partial charge in [-0.1, -0.05) is 19.3 Å². The third kappa shape index (κ3) is 5.36. The van der Waals surface area contributed by atoms with Gasteiger partial charge in [-0.15, -0.1) is 0 Å². The molecule has 1 aliphatic heterocycles. The number of nitrogens with zero attached hydrogens (tertiary/aromatic N) is 1. The summed E-state index contributed by atoms with van der Waals surface area (Å²) in [5.74, 6) is 0. The van der Waals surface area contributed by atoms with Gasteiger partial charge in [0.2, 0.25) is 0 Å². The van der Waals surface area contributed by atoms with Crippen molar-refractivity contribution in [2.75, 3.05) is 26.2 Å². The van der Waals surface area contributed by atoms with Crippen molar-refractivity contribution in [3.8, 4) is 0 Å². The maximum atomic E-state index is 9.35. The summed E-state index contributed by atoms with van der Waals surface area (Å²) in [7, 11) is 0. The Morgan fingerprint density at radius 1 is 1.06 bits per heavy atom. The molecular formula is C14H28N2O. The van der Waals surface area contributed by atoms with Crippen molar-refractivity contribution < 1.29 is 5.11 Å². The van der Waals surface area contributed by atoms with Crippen molar-refractivity contribution in [1.82, 2.24) is 10.2 Å². The molecule has 0 spiro atoms. The maximum Gasteiger partial charge on any atom is 0.0585 e. The van der Waals surface area contributed by atoms with Gasteiger partial charge in [-0.25, -0.2) is 0 Å². The standard InChI is InChI=1S/C14H28N2O/c17-12-14(15-13-6-7-13)8-11-16-9-4-2-1-3-5-10-16/h13-15,17H,1-12H2. The summed E-state index contributed by atoms with van der Waals surface area (Å²) < 4.78 is 0. The minimum atomic E-state index is 0.296. The van der Waals surface area contributed by atoms with Gasteiger partial charge in [-0.3, -0.25) is 0 Å². The van der Waals surface area contributed by atoms with Gasteiger partial charge in [0.1, 0.15) is 0 Å². The average Bonchev–Trinajstić information content (AvgIpc) is 3.09. The molecule has 17 heavy (non-hydrogen) atoms. The highest BCUT2D eigenvalue weighted by Crippen LogP contribution is 2.20. The van der Waals surface area contributed by atoms with Crippen LogP contribution in [-0.4, -0.2) is 48.3 Å². The smallest absolute Gasteiger partial charge is 0.0585 e. The highest BCUT2D eigenvalue weighted by molar-refractivity contribution is 4.85. The molecule has 3 heteroatoms. The maximum absolute atomic E-state index is 9.35. The van der Waals surface area contributed by atoms with E-state index in [0.29, 0.717) is 18.7 Å². The molecule has 0 aromatic carbocycles. The predicted molar refractivity (Wildman–Crippen MR) is 71.2 cm³/mol. The molecule has 2 fully saturated rings. The molecule has 100 valence electrons. The summed E-state index contributed by atoms with van der Waals surface area (Å²) in [6, 6.07) is 1.03. The zero-order valence-electron chi connectivity index (χ0n) is 11.0. The molecule has 0 radical (unpaired) electrons. The van der Waals surface area contributed by atoms with E-state index in [1.54, 1.807) is 0 Å². The monoisotopic (exact) mass is 240 g/mol. The Kier molecular flexibility index (Phi) is 5.75. The lowest BCUT2D eigenvalue weighted by molar-refractivity contribution is 0.196. The molecule has 0 aromatic rings. The Morgan fingerprint density at radius 3 is 2.29 bits per heavy atom. The van der Waals surface area contributed by atoms with Crippen LogP contribution in [0.15, 0.2) is 0 Å². The van der Waals surface area contributed by atoms with Crippen molar-refractivity contribution in [3.63, 3.8) is 0 Å². The second kappa shape index (κ2) is 7.34. The first-order valence-electron chi connectivity index (χ1n) is 7.48. The van der Waals surface area contributed by atoms with Crippen LogP contribution < -0.4 is 5.32 Å². The molecular weight excluding hydrogens is 212 g/mol. The first-order valence-corrected chi connectivity index (χ1v) is 7.48. The second-order valence-corrected chi connectivity index (χ2v) is 5.72. The molecule has 2 N–H and O–H groups in total. The third-order valence-electron chi connectivity index (χ3n) is 4.01. The lowest BCUT2D eigenvalue weighted by Crippen LogP contribution is -2.38. The second-order valence-electron chi connectivity index (χ2n) is 5.72. The van der Waals surface area contributed by atoms with E-state index < -0.39 is 0 Å².